The summed E-state index contributed by atoms with van der Waals surface area (Å²) < 4.78 is 11.4. The van der Waals surface area contributed by atoms with Crippen LogP contribution in [0.5, 0.6) is 0 Å². The van der Waals surface area contributed by atoms with Crippen LogP contribution in [-0.4, -0.2) is 36.4 Å². The lowest BCUT2D eigenvalue weighted by molar-refractivity contribution is -0.0894. The first kappa shape index (κ1) is 13.3. The lowest BCUT2D eigenvalue weighted by atomic mass is 9.89. The Morgan fingerprint density at radius 3 is 3.11 bits per heavy atom. The van der Waals surface area contributed by atoms with Crippen molar-refractivity contribution in [3.8, 4) is 0 Å². The van der Waals surface area contributed by atoms with Crippen molar-refractivity contribution >= 4 is 11.6 Å². The van der Waals surface area contributed by atoms with Crippen molar-refractivity contribution < 1.29 is 9.47 Å². The van der Waals surface area contributed by atoms with E-state index in [1.54, 1.807) is 0 Å². The second-order valence-corrected chi connectivity index (χ2v) is 5.78. The lowest BCUT2D eigenvalue weighted by Crippen LogP contribution is -2.47. The number of rotatable bonds is 3. The van der Waals surface area contributed by atoms with Crippen LogP contribution in [0.15, 0.2) is 18.3 Å². The Balaban J connectivity index is 1.53. The van der Waals surface area contributed by atoms with Crippen LogP contribution < -0.4 is 5.32 Å². The molecular weight excluding hydrogens is 264 g/mol. The first-order valence-electron chi connectivity index (χ1n) is 6.81. The summed E-state index contributed by atoms with van der Waals surface area (Å²) in [6, 6.07) is 4.33. The second-order valence-electron chi connectivity index (χ2n) is 5.39. The maximum atomic E-state index is 5.93. The maximum Gasteiger partial charge on any atom is 0.129 e. The minimum absolute atomic E-state index is 0.0336. The van der Waals surface area contributed by atoms with Gasteiger partial charge >= 0.3 is 0 Å². The molecule has 0 radical (unpaired) electrons. The molecule has 0 aromatic carbocycles. The molecule has 5 heteroatoms. The summed E-state index contributed by atoms with van der Waals surface area (Å²) in [5.74, 6) is 0. The van der Waals surface area contributed by atoms with E-state index in [1.807, 2.05) is 18.3 Å². The fraction of sp³-hybridized carbons (Fsp3) is 0.643. The first-order chi connectivity index (χ1) is 9.26. The standard InChI is InChI=1S/C14H19ClN2O2/c15-13-2-1-11(9-17-13)8-16-12-3-5-19-14(7-12)4-6-18-10-14/h1-2,9,12,16H,3-8,10H2/t12-,14-/m0/s1. The van der Waals surface area contributed by atoms with Gasteiger partial charge in [0.1, 0.15) is 5.15 Å². The van der Waals surface area contributed by atoms with Gasteiger partial charge in [-0.1, -0.05) is 17.7 Å². The highest BCUT2D eigenvalue weighted by atomic mass is 35.5. The number of nitrogens with one attached hydrogen (secondary N) is 1. The number of pyridine rings is 1. The van der Waals surface area contributed by atoms with Crippen molar-refractivity contribution in [3.05, 3.63) is 29.0 Å². The van der Waals surface area contributed by atoms with Crippen LogP contribution in [-0.2, 0) is 16.0 Å². The molecule has 1 aromatic rings. The Labute approximate surface area is 118 Å². The molecule has 2 fully saturated rings. The number of nitrogens with zero attached hydrogens (tertiary/aromatic N) is 1. The molecule has 0 saturated carbocycles. The van der Waals surface area contributed by atoms with Gasteiger partial charge in [-0.3, -0.25) is 0 Å². The van der Waals surface area contributed by atoms with Crippen molar-refractivity contribution in [1.82, 2.24) is 10.3 Å². The van der Waals surface area contributed by atoms with E-state index < -0.39 is 0 Å². The van der Waals surface area contributed by atoms with Crippen LogP contribution in [0, 0.1) is 0 Å². The van der Waals surface area contributed by atoms with E-state index in [-0.39, 0.29) is 5.60 Å². The molecule has 2 aliphatic heterocycles. The van der Waals surface area contributed by atoms with Crippen LogP contribution in [0.1, 0.15) is 24.8 Å². The van der Waals surface area contributed by atoms with Crippen LogP contribution in [0.3, 0.4) is 0 Å². The summed E-state index contributed by atoms with van der Waals surface area (Å²) in [7, 11) is 0. The molecule has 4 nitrogen and oxygen atoms in total. The Morgan fingerprint density at radius 2 is 2.37 bits per heavy atom. The van der Waals surface area contributed by atoms with E-state index in [9.17, 15) is 0 Å². The molecular formula is C14H19ClN2O2. The molecule has 2 aliphatic rings. The average molecular weight is 283 g/mol. The number of aromatic nitrogens is 1. The summed E-state index contributed by atoms with van der Waals surface area (Å²) in [5.41, 5.74) is 1.13. The average Bonchev–Trinajstić information content (AvgIpc) is 2.86. The molecule has 1 spiro atoms. The van der Waals surface area contributed by atoms with Gasteiger partial charge in [-0.2, -0.15) is 0 Å². The summed E-state index contributed by atoms with van der Waals surface area (Å²) in [4.78, 5) is 4.09. The molecule has 0 amide bonds. The fourth-order valence-corrected chi connectivity index (χ4v) is 2.95. The predicted octanol–water partition coefficient (Wildman–Crippen LogP) is 2.16. The van der Waals surface area contributed by atoms with Crippen molar-refractivity contribution in [1.29, 1.82) is 0 Å². The minimum atomic E-state index is -0.0336. The van der Waals surface area contributed by atoms with Gasteiger partial charge < -0.3 is 14.8 Å². The van der Waals surface area contributed by atoms with Gasteiger partial charge in [0.15, 0.2) is 0 Å². The van der Waals surface area contributed by atoms with Gasteiger partial charge in [0.05, 0.1) is 12.2 Å². The van der Waals surface area contributed by atoms with Crippen LogP contribution in [0.25, 0.3) is 0 Å². The van der Waals surface area contributed by atoms with Crippen LogP contribution in [0.4, 0.5) is 0 Å². The van der Waals surface area contributed by atoms with Gasteiger partial charge in [-0.05, 0) is 24.5 Å². The minimum Gasteiger partial charge on any atom is -0.378 e. The quantitative estimate of drug-likeness (QED) is 0.863. The highest BCUT2D eigenvalue weighted by Crippen LogP contribution is 2.32. The van der Waals surface area contributed by atoms with Crippen molar-refractivity contribution in [2.24, 2.45) is 0 Å². The number of halogens is 1. The summed E-state index contributed by atoms with van der Waals surface area (Å²) in [6.07, 6.45) is 4.94. The summed E-state index contributed by atoms with van der Waals surface area (Å²) in [6.45, 7) is 3.22. The Kier molecular flexibility index (Phi) is 4.03. The molecule has 3 heterocycles. The molecule has 1 N–H and O–H groups in total. The van der Waals surface area contributed by atoms with Crippen molar-refractivity contribution in [3.63, 3.8) is 0 Å². The molecule has 3 rings (SSSR count). The van der Waals surface area contributed by atoms with E-state index in [0.717, 1.165) is 51.2 Å². The van der Waals surface area contributed by atoms with Gasteiger partial charge in [-0.25, -0.2) is 4.98 Å². The largest absolute Gasteiger partial charge is 0.378 e. The second kappa shape index (κ2) is 5.75. The molecule has 0 aliphatic carbocycles. The number of hydrogen-bond acceptors (Lipinski definition) is 4. The molecule has 1 aromatic heterocycles. The van der Waals surface area contributed by atoms with E-state index >= 15 is 0 Å². The van der Waals surface area contributed by atoms with Gasteiger partial charge in [0, 0.05) is 38.4 Å². The third-order valence-electron chi connectivity index (χ3n) is 3.94. The zero-order chi connectivity index (χ0) is 13.1. The third-order valence-corrected chi connectivity index (χ3v) is 4.17. The third kappa shape index (κ3) is 3.26. The van der Waals surface area contributed by atoms with E-state index in [1.165, 1.54) is 0 Å². The zero-order valence-corrected chi connectivity index (χ0v) is 11.7. The Hall–Kier alpha value is -0.680. The monoisotopic (exact) mass is 282 g/mol. The van der Waals surface area contributed by atoms with E-state index in [0.29, 0.717) is 11.2 Å². The highest BCUT2D eigenvalue weighted by molar-refractivity contribution is 6.29. The van der Waals surface area contributed by atoms with Crippen LogP contribution >= 0.6 is 11.6 Å². The smallest absolute Gasteiger partial charge is 0.129 e. The van der Waals surface area contributed by atoms with Gasteiger partial charge in [0.25, 0.3) is 0 Å². The number of hydrogen-bond donors (Lipinski definition) is 1. The lowest BCUT2D eigenvalue weighted by Gasteiger charge is -2.37. The summed E-state index contributed by atoms with van der Waals surface area (Å²) >= 11 is 5.78. The van der Waals surface area contributed by atoms with Gasteiger partial charge in [-0.15, -0.1) is 0 Å². The summed E-state index contributed by atoms with van der Waals surface area (Å²) in [5, 5.41) is 4.13. The van der Waals surface area contributed by atoms with Gasteiger partial charge in [0.2, 0.25) is 0 Å². The Bertz CT molecular complexity index is 418. The normalized spacial score (nSPS) is 30.9. The predicted molar refractivity (Wildman–Crippen MR) is 73.2 cm³/mol. The van der Waals surface area contributed by atoms with Crippen LogP contribution in [0.2, 0.25) is 5.15 Å². The fourth-order valence-electron chi connectivity index (χ4n) is 2.84. The SMILES string of the molecule is Clc1ccc(CN[C@H]2CCO[C@@]3(CCOC3)C2)cn1. The molecule has 0 unspecified atom stereocenters. The highest BCUT2D eigenvalue weighted by Gasteiger charge is 2.40. The number of ether oxygens (including phenoxy) is 2. The first-order valence-corrected chi connectivity index (χ1v) is 7.19. The zero-order valence-electron chi connectivity index (χ0n) is 10.9. The Morgan fingerprint density at radius 1 is 1.42 bits per heavy atom. The molecule has 104 valence electrons. The van der Waals surface area contributed by atoms with E-state index in [4.69, 9.17) is 21.1 Å². The molecule has 2 saturated heterocycles. The van der Waals surface area contributed by atoms with E-state index in [2.05, 4.69) is 10.3 Å². The topological polar surface area (TPSA) is 43.4 Å². The maximum absolute atomic E-state index is 5.93. The van der Waals surface area contributed by atoms with Crippen molar-refractivity contribution in [2.45, 2.75) is 37.5 Å². The molecule has 0 bridgehead atoms. The van der Waals surface area contributed by atoms with Crippen molar-refractivity contribution in [2.75, 3.05) is 19.8 Å². The molecule has 19 heavy (non-hydrogen) atoms. The molecule has 2 atom stereocenters.